The van der Waals surface area contributed by atoms with Crippen LogP contribution < -0.4 is 5.32 Å². The van der Waals surface area contributed by atoms with Gasteiger partial charge in [0.25, 0.3) is 0 Å². The largest absolute Gasteiger partial charge is 0.376 e. The number of ether oxygens (including phenoxy) is 1. The lowest BCUT2D eigenvalue weighted by molar-refractivity contribution is 0.148. The van der Waals surface area contributed by atoms with Crippen molar-refractivity contribution in [1.82, 2.24) is 5.32 Å². The topological polar surface area (TPSA) is 21.3 Å². The van der Waals surface area contributed by atoms with Gasteiger partial charge in [0.1, 0.15) is 5.82 Å². The SMILES string of the molecule is C=C(C)COCCNC1CC(c2ccccc2F)C1. The predicted molar refractivity (Wildman–Crippen MR) is 75.8 cm³/mol. The molecule has 19 heavy (non-hydrogen) atoms. The first-order chi connectivity index (χ1) is 9.16. The second-order valence-electron chi connectivity index (χ2n) is 5.35. The van der Waals surface area contributed by atoms with Crippen molar-refractivity contribution in [1.29, 1.82) is 0 Å². The zero-order chi connectivity index (χ0) is 13.7. The summed E-state index contributed by atoms with van der Waals surface area (Å²) in [5.74, 6) is 0.297. The first-order valence-electron chi connectivity index (χ1n) is 6.86. The molecule has 0 spiro atoms. The van der Waals surface area contributed by atoms with Crippen LogP contribution in [0.25, 0.3) is 0 Å². The van der Waals surface area contributed by atoms with Gasteiger partial charge in [-0.25, -0.2) is 4.39 Å². The molecule has 0 bridgehead atoms. The van der Waals surface area contributed by atoms with Crippen molar-refractivity contribution in [3.8, 4) is 0 Å². The molecule has 0 radical (unpaired) electrons. The first-order valence-corrected chi connectivity index (χ1v) is 6.86. The van der Waals surface area contributed by atoms with Crippen LogP contribution in [0.1, 0.15) is 31.2 Å². The molecule has 1 fully saturated rings. The molecule has 2 rings (SSSR count). The third-order valence-electron chi connectivity index (χ3n) is 3.51. The zero-order valence-electron chi connectivity index (χ0n) is 11.5. The van der Waals surface area contributed by atoms with E-state index in [1.54, 1.807) is 12.1 Å². The molecule has 0 atom stereocenters. The van der Waals surface area contributed by atoms with Crippen LogP contribution in [-0.2, 0) is 4.74 Å². The number of benzene rings is 1. The Morgan fingerprint density at radius 3 is 2.84 bits per heavy atom. The Kier molecular flexibility index (Phi) is 5.11. The first kappa shape index (κ1) is 14.2. The van der Waals surface area contributed by atoms with Crippen LogP contribution >= 0.6 is 0 Å². The van der Waals surface area contributed by atoms with Gasteiger partial charge >= 0.3 is 0 Å². The molecule has 1 aliphatic carbocycles. The molecule has 1 aromatic carbocycles. The third kappa shape index (κ3) is 4.15. The summed E-state index contributed by atoms with van der Waals surface area (Å²) < 4.78 is 19.0. The molecule has 1 saturated carbocycles. The monoisotopic (exact) mass is 263 g/mol. The van der Waals surface area contributed by atoms with Crippen LogP contribution in [0.15, 0.2) is 36.4 Å². The van der Waals surface area contributed by atoms with Gasteiger partial charge in [-0.2, -0.15) is 0 Å². The maximum atomic E-state index is 13.6. The van der Waals surface area contributed by atoms with E-state index in [1.807, 2.05) is 19.1 Å². The maximum absolute atomic E-state index is 13.6. The fourth-order valence-electron chi connectivity index (χ4n) is 2.43. The molecule has 1 aliphatic rings. The standard InChI is InChI=1S/C16H22FNO/c1-12(2)11-19-8-7-18-14-9-13(10-14)15-5-3-4-6-16(15)17/h3-6,13-14,18H,1,7-11H2,2H3. The highest BCUT2D eigenvalue weighted by Crippen LogP contribution is 2.37. The Hall–Kier alpha value is -1.19. The zero-order valence-corrected chi connectivity index (χ0v) is 11.5. The Balaban J connectivity index is 1.62. The van der Waals surface area contributed by atoms with E-state index in [0.717, 1.165) is 30.5 Å². The van der Waals surface area contributed by atoms with E-state index >= 15 is 0 Å². The van der Waals surface area contributed by atoms with Gasteiger partial charge < -0.3 is 10.1 Å². The van der Waals surface area contributed by atoms with Gasteiger partial charge in [-0.3, -0.25) is 0 Å². The predicted octanol–water partition coefficient (Wildman–Crippen LogP) is 3.25. The van der Waals surface area contributed by atoms with Gasteiger partial charge in [0.05, 0.1) is 13.2 Å². The highest BCUT2D eigenvalue weighted by atomic mass is 19.1. The van der Waals surface area contributed by atoms with Crippen molar-refractivity contribution in [2.45, 2.75) is 31.7 Å². The summed E-state index contributed by atoms with van der Waals surface area (Å²) in [7, 11) is 0. The van der Waals surface area contributed by atoms with Gasteiger partial charge in [-0.05, 0) is 37.3 Å². The lowest BCUT2D eigenvalue weighted by Crippen LogP contribution is -2.41. The van der Waals surface area contributed by atoms with E-state index in [-0.39, 0.29) is 5.82 Å². The van der Waals surface area contributed by atoms with Gasteiger partial charge in [0, 0.05) is 12.6 Å². The Labute approximate surface area is 114 Å². The number of halogens is 1. The number of hydrogen-bond donors (Lipinski definition) is 1. The fourth-order valence-corrected chi connectivity index (χ4v) is 2.43. The fraction of sp³-hybridized carbons (Fsp3) is 0.500. The van der Waals surface area contributed by atoms with Gasteiger partial charge in [0.2, 0.25) is 0 Å². The number of nitrogens with one attached hydrogen (secondary N) is 1. The minimum atomic E-state index is -0.0734. The second kappa shape index (κ2) is 6.83. The summed E-state index contributed by atoms with van der Waals surface area (Å²) in [4.78, 5) is 0. The average molecular weight is 263 g/mol. The Morgan fingerprint density at radius 2 is 2.16 bits per heavy atom. The molecule has 0 aromatic heterocycles. The van der Waals surface area contributed by atoms with Crippen LogP contribution in [0, 0.1) is 5.82 Å². The van der Waals surface area contributed by atoms with E-state index in [2.05, 4.69) is 11.9 Å². The summed E-state index contributed by atoms with van der Waals surface area (Å²) in [6, 6.07) is 7.59. The third-order valence-corrected chi connectivity index (χ3v) is 3.51. The highest BCUT2D eigenvalue weighted by molar-refractivity contribution is 5.24. The summed E-state index contributed by atoms with van der Waals surface area (Å²) >= 11 is 0. The van der Waals surface area contributed by atoms with Crippen molar-refractivity contribution in [3.05, 3.63) is 47.8 Å². The lowest BCUT2D eigenvalue weighted by atomic mass is 9.75. The van der Waals surface area contributed by atoms with Gasteiger partial charge in [-0.15, -0.1) is 0 Å². The normalized spacial score (nSPS) is 22.0. The van der Waals surface area contributed by atoms with Crippen LogP contribution in [0.3, 0.4) is 0 Å². The Bertz CT molecular complexity index is 427. The summed E-state index contributed by atoms with van der Waals surface area (Å²) in [6.45, 7) is 7.92. The van der Waals surface area contributed by atoms with Crippen LogP contribution in [0.4, 0.5) is 4.39 Å². The molecular formula is C16H22FNO. The summed E-state index contributed by atoms with van der Waals surface area (Å²) in [6.07, 6.45) is 2.03. The minimum absolute atomic E-state index is 0.0734. The minimum Gasteiger partial charge on any atom is -0.376 e. The molecule has 2 nitrogen and oxygen atoms in total. The molecule has 0 unspecified atom stereocenters. The molecule has 1 aromatic rings. The van der Waals surface area contributed by atoms with E-state index < -0.39 is 0 Å². The Morgan fingerprint density at radius 1 is 1.42 bits per heavy atom. The van der Waals surface area contributed by atoms with Gasteiger partial charge in [-0.1, -0.05) is 30.4 Å². The molecule has 3 heteroatoms. The molecule has 0 heterocycles. The smallest absolute Gasteiger partial charge is 0.126 e. The van der Waals surface area contributed by atoms with Crippen molar-refractivity contribution in [3.63, 3.8) is 0 Å². The molecule has 0 aliphatic heterocycles. The van der Waals surface area contributed by atoms with Crippen molar-refractivity contribution in [2.75, 3.05) is 19.8 Å². The number of hydrogen-bond acceptors (Lipinski definition) is 2. The quantitative estimate of drug-likeness (QED) is 0.602. The van der Waals surface area contributed by atoms with Gasteiger partial charge in [0.15, 0.2) is 0 Å². The summed E-state index contributed by atoms with van der Waals surface area (Å²) in [5, 5.41) is 3.43. The van der Waals surface area contributed by atoms with E-state index in [1.165, 1.54) is 0 Å². The maximum Gasteiger partial charge on any atom is 0.126 e. The van der Waals surface area contributed by atoms with Crippen molar-refractivity contribution >= 4 is 0 Å². The van der Waals surface area contributed by atoms with E-state index in [9.17, 15) is 4.39 Å². The van der Waals surface area contributed by atoms with E-state index in [4.69, 9.17) is 4.74 Å². The molecular weight excluding hydrogens is 241 g/mol. The molecule has 104 valence electrons. The molecule has 0 amide bonds. The van der Waals surface area contributed by atoms with Crippen LogP contribution in [0.5, 0.6) is 0 Å². The lowest BCUT2D eigenvalue weighted by Gasteiger charge is -2.36. The molecule has 0 saturated heterocycles. The summed E-state index contributed by atoms with van der Waals surface area (Å²) in [5.41, 5.74) is 1.90. The second-order valence-corrected chi connectivity index (χ2v) is 5.35. The number of rotatable bonds is 7. The highest BCUT2D eigenvalue weighted by Gasteiger charge is 2.31. The van der Waals surface area contributed by atoms with Crippen molar-refractivity contribution in [2.24, 2.45) is 0 Å². The van der Waals surface area contributed by atoms with E-state index in [0.29, 0.717) is 25.2 Å². The van der Waals surface area contributed by atoms with Crippen LogP contribution in [0.2, 0.25) is 0 Å². The molecule has 1 N–H and O–H groups in total. The van der Waals surface area contributed by atoms with Crippen LogP contribution in [-0.4, -0.2) is 25.8 Å². The average Bonchev–Trinajstić information content (AvgIpc) is 2.32. The van der Waals surface area contributed by atoms with Crippen molar-refractivity contribution < 1.29 is 9.13 Å².